The Balaban J connectivity index is 0.00000576. The second kappa shape index (κ2) is 13.0. The van der Waals surface area contributed by atoms with Crippen LogP contribution in [0.3, 0.4) is 0 Å². The van der Waals surface area contributed by atoms with Gasteiger partial charge in [-0.1, -0.05) is 0 Å². The van der Waals surface area contributed by atoms with E-state index in [4.69, 9.17) is 9.47 Å². The number of hydrogen-bond acceptors (Lipinski definition) is 4. The van der Waals surface area contributed by atoms with E-state index in [2.05, 4.69) is 20.6 Å². The highest BCUT2D eigenvalue weighted by atomic mass is 127. The molecule has 1 aromatic heterocycles. The average molecular weight is 476 g/mol. The zero-order valence-electron chi connectivity index (χ0n) is 14.2. The van der Waals surface area contributed by atoms with Crippen LogP contribution in [0.1, 0.15) is 18.9 Å². The normalized spacial score (nSPS) is 11.6. The Morgan fingerprint density at radius 2 is 2.00 bits per heavy atom. The largest absolute Gasteiger partial charge is 0.476 e. The molecule has 0 aliphatic heterocycles. The highest BCUT2D eigenvalue weighted by Crippen LogP contribution is 2.29. The monoisotopic (exact) mass is 476 g/mol. The number of hydrogen-bond donors (Lipinski definition) is 2. The number of alkyl halides is 3. The number of nitrogens with zero attached hydrogens (tertiary/aromatic N) is 2. The fourth-order valence-electron chi connectivity index (χ4n) is 1.70. The lowest BCUT2D eigenvalue weighted by atomic mass is 10.3. The van der Waals surface area contributed by atoms with Crippen molar-refractivity contribution in [1.82, 2.24) is 15.6 Å². The van der Waals surface area contributed by atoms with Gasteiger partial charge in [0.05, 0.1) is 12.1 Å². The Morgan fingerprint density at radius 1 is 1.24 bits per heavy atom. The molecule has 25 heavy (non-hydrogen) atoms. The zero-order chi connectivity index (χ0) is 17.8. The Kier molecular flexibility index (Phi) is 12.3. The van der Waals surface area contributed by atoms with Crippen LogP contribution in [0, 0.1) is 0 Å². The summed E-state index contributed by atoms with van der Waals surface area (Å²) in [4.78, 5) is 7.99. The van der Waals surface area contributed by atoms with Gasteiger partial charge in [-0.2, -0.15) is 13.2 Å². The minimum Gasteiger partial charge on any atom is -0.476 e. The van der Waals surface area contributed by atoms with Crippen molar-refractivity contribution >= 4 is 29.9 Å². The molecule has 2 N–H and O–H groups in total. The van der Waals surface area contributed by atoms with Gasteiger partial charge in [0, 0.05) is 39.1 Å². The molecule has 0 radical (unpaired) electrons. The molecule has 0 aliphatic carbocycles. The SMILES string of the molecule is CCNC(=NCCCOC)NCCOc1ccc(C(F)(F)F)cn1.I. The fraction of sp³-hybridized carbons (Fsp3) is 0.600. The third-order valence-corrected chi connectivity index (χ3v) is 2.83. The van der Waals surface area contributed by atoms with Crippen molar-refractivity contribution in [3.63, 3.8) is 0 Å². The van der Waals surface area contributed by atoms with Gasteiger partial charge >= 0.3 is 6.18 Å². The van der Waals surface area contributed by atoms with Crippen molar-refractivity contribution in [3.8, 4) is 5.88 Å². The number of halogens is 4. The second-order valence-electron chi connectivity index (χ2n) is 4.77. The van der Waals surface area contributed by atoms with Crippen LogP contribution >= 0.6 is 24.0 Å². The number of guanidine groups is 1. The van der Waals surface area contributed by atoms with E-state index in [0.29, 0.717) is 25.7 Å². The molecule has 0 amide bonds. The van der Waals surface area contributed by atoms with Gasteiger partial charge in [0.2, 0.25) is 5.88 Å². The van der Waals surface area contributed by atoms with Crippen LogP contribution in [-0.4, -0.2) is 50.9 Å². The van der Waals surface area contributed by atoms with Crippen molar-refractivity contribution in [3.05, 3.63) is 23.9 Å². The van der Waals surface area contributed by atoms with Crippen molar-refractivity contribution in [2.24, 2.45) is 4.99 Å². The molecule has 144 valence electrons. The summed E-state index contributed by atoms with van der Waals surface area (Å²) in [6.07, 6.45) is -2.82. The van der Waals surface area contributed by atoms with E-state index in [-0.39, 0.29) is 36.5 Å². The molecule has 0 unspecified atom stereocenters. The summed E-state index contributed by atoms with van der Waals surface area (Å²) in [5.74, 6) is 0.796. The van der Waals surface area contributed by atoms with Crippen molar-refractivity contribution in [2.75, 3.05) is 40.0 Å². The van der Waals surface area contributed by atoms with Gasteiger partial charge in [-0.15, -0.1) is 24.0 Å². The highest BCUT2D eigenvalue weighted by molar-refractivity contribution is 14.0. The highest BCUT2D eigenvalue weighted by Gasteiger charge is 2.30. The van der Waals surface area contributed by atoms with Gasteiger partial charge in [-0.25, -0.2) is 4.98 Å². The van der Waals surface area contributed by atoms with E-state index in [0.717, 1.165) is 25.2 Å². The van der Waals surface area contributed by atoms with Crippen molar-refractivity contribution in [1.29, 1.82) is 0 Å². The molecule has 0 fully saturated rings. The van der Waals surface area contributed by atoms with Crippen LogP contribution in [0.15, 0.2) is 23.3 Å². The predicted octanol–water partition coefficient (Wildman–Crippen LogP) is 2.69. The summed E-state index contributed by atoms with van der Waals surface area (Å²) < 4.78 is 47.5. The molecule has 10 heteroatoms. The number of ether oxygens (including phenoxy) is 2. The first-order chi connectivity index (χ1) is 11.5. The topological polar surface area (TPSA) is 67.8 Å². The standard InChI is InChI=1S/C15H23F3N4O2.HI/c1-3-19-14(20-7-4-9-23-2)21-8-10-24-13-6-5-12(11-22-13)15(16,17)18;/h5-6,11H,3-4,7-10H2,1-2H3,(H2,19,20,21);1H. The Bertz CT molecular complexity index is 499. The van der Waals surface area contributed by atoms with Gasteiger partial charge in [-0.05, 0) is 19.4 Å². The smallest absolute Gasteiger partial charge is 0.417 e. The second-order valence-corrected chi connectivity index (χ2v) is 4.77. The molecule has 6 nitrogen and oxygen atoms in total. The number of aromatic nitrogens is 1. The number of pyridine rings is 1. The number of nitrogens with one attached hydrogen (secondary N) is 2. The summed E-state index contributed by atoms with van der Waals surface area (Å²) in [5.41, 5.74) is -0.800. The maximum atomic E-state index is 12.4. The lowest BCUT2D eigenvalue weighted by molar-refractivity contribution is -0.137. The molecule has 0 bridgehead atoms. The zero-order valence-corrected chi connectivity index (χ0v) is 16.6. The van der Waals surface area contributed by atoms with Gasteiger partial charge < -0.3 is 20.1 Å². The van der Waals surface area contributed by atoms with E-state index in [1.54, 1.807) is 7.11 Å². The summed E-state index contributed by atoms with van der Waals surface area (Å²) in [7, 11) is 1.64. The first-order valence-electron chi connectivity index (χ1n) is 7.64. The summed E-state index contributed by atoms with van der Waals surface area (Å²) >= 11 is 0. The molecular weight excluding hydrogens is 452 g/mol. The van der Waals surface area contributed by atoms with Crippen LogP contribution < -0.4 is 15.4 Å². The quantitative estimate of drug-likeness (QED) is 0.249. The molecule has 1 aromatic rings. The van der Waals surface area contributed by atoms with E-state index < -0.39 is 11.7 Å². The Morgan fingerprint density at radius 3 is 2.56 bits per heavy atom. The predicted molar refractivity (Wildman–Crippen MR) is 101 cm³/mol. The van der Waals surface area contributed by atoms with Gasteiger partial charge in [0.1, 0.15) is 6.61 Å². The van der Waals surface area contributed by atoms with E-state index in [1.807, 2.05) is 6.92 Å². The number of methoxy groups -OCH3 is 1. The van der Waals surface area contributed by atoms with Gasteiger partial charge in [0.25, 0.3) is 0 Å². The van der Waals surface area contributed by atoms with E-state index >= 15 is 0 Å². The van der Waals surface area contributed by atoms with Crippen molar-refractivity contribution < 1.29 is 22.6 Å². The minimum absolute atomic E-state index is 0. The molecule has 0 saturated heterocycles. The minimum atomic E-state index is -4.40. The van der Waals surface area contributed by atoms with Crippen LogP contribution in [0.5, 0.6) is 5.88 Å². The van der Waals surface area contributed by atoms with Crippen LogP contribution in [0.25, 0.3) is 0 Å². The Labute approximate surface area is 162 Å². The maximum absolute atomic E-state index is 12.4. The van der Waals surface area contributed by atoms with E-state index in [9.17, 15) is 13.2 Å². The third kappa shape index (κ3) is 10.3. The molecule has 0 spiro atoms. The number of aliphatic imine (C=N–C) groups is 1. The molecule has 0 aliphatic rings. The molecular formula is C15H24F3IN4O2. The van der Waals surface area contributed by atoms with Gasteiger partial charge in [-0.3, -0.25) is 4.99 Å². The van der Waals surface area contributed by atoms with E-state index in [1.165, 1.54) is 6.07 Å². The molecule has 0 atom stereocenters. The van der Waals surface area contributed by atoms with Crippen LogP contribution in [0.4, 0.5) is 13.2 Å². The first-order valence-corrected chi connectivity index (χ1v) is 7.64. The molecule has 0 saturated carbocycles. The average Bonchev–Trinajstić information content (AvgIpc) is 2.55. The third-order valence-electron chi connectivity index (χ3n) is 2.83. The molecule has 1 heterocycles. The first kappa shape index (κ1) is 23.7. The fourth-order valence-corrected chi connectivity index (χ4v) is 1.70. The Hall–Kier alpha value is -1.30. The molecule has 0 aromatic carbocycles. The summed E-state index contributed by atoms with van der Waals surface area (Å²) in [5, 5.41) is 6.15. The summed E-state index contributed by atoms with van der Waals surface area (Å²) in [6.45, 7) is 4.64. The van der Waals surface area contributed by atoms with Crippen molar-refractivity contribution in [2.45, 2.75) is 19.5 Å². The van der Waals surface area contributed by atoms with Gasteiger partial charge in [0.15, 0.2) is 5.96 Å². The molecule has 1 rings (SSSR count). The van der Waals surface area contributed by atoms with Crippen LogP contribution in [-0.2, 0) is 10.9 Å². The summed E-state index contributed by atoms with van der Waals surface area (Å²) in [6, 6.07) is 2.14. The maximum Gasteiger partial charge on any atom is 0.417 e. The lowest BCUT2D eigenvalue weighted by Gasteiger charge is -2.12. The number of rotatable bonds is 9. The van der Waals surface area contributed by atoms with Crippen LogP contribution in [0.2, 0.25) is 0 Å². The lowest BCUT2D eigenvalue weighted by Crippen LogP contribution is -2.39.